The lowest BCUT2D eigenvalue weighted by atomic mass is 10.1. The fraction of sp³-hybridized carbons (Fsp3) is 0.320. The number of carbonyl (C=O) groups excluding carboxylic acids is 2. The Labute approximate surface area is 208 Å². The van der Waals surface area contributed by atoms with Crippen LogP contribution in [0.25, 0.3) is 0 Å². The Hall–Kier alpha value is -3.10. The average Bonchev–Trinajstić information content (AvgIpc) is 3.32. The number of hydrogen-bond donors (Lipinski definition) is 2. The molecule has 2 aromatic carbocycles. The molecule has 0 aliphatic heterocycles. The first-order chi connectivity index (χ1) is 16.5. The second kappa shape index (κ2) is 13.0. The van der Waals surface area contributed by atoms with Crippen LogP contribution in [0.15, 0.2) is 47.8 Å². The molecule has 2 amide bonds. The van der Waals surface area contributed by atoms with E-state index in [-0.39, 0.29) is 11.8 Å². The first kappa shape index (κ1) is 25.5. The maximum Gasteiger partial charge on any atom is 0.270 e. The van der Waals surface area contributed by atoms with Gasteiger partial charge < -0.3 is 20.1 Å². The van der Waals surface area contributed by atoms with E-state index in [2.05, 4.69) is 15.6 Å². The first-order valence-corrected chi connectivity index (χ1v) is 12.2. The largest absolute Gasteiger partial charge is 0.493 e. The number of rotatable bonds is 12. The van der Waals surface area contributed by atoms with E-state index in [0.717, 1.165) is 17.5 Å². The highest BCUT2D eigenvalue weighted by Crippen LogP contribution is 2.28. The van der Waals surface area contributed by atoms with Crippen molar-refractivity contribution in [2.24, 2.45) is 0 Å². The third kappa shape index (κ3) is 7.74. The van der Waals surface area contributed by atoms with Gasteiger partial charge in [0.2, 0.25) is 5.91 Å². The van der Waals surface area contributed by atoms with Crippen molar-refractivity contribution in [3.8, 4) is 11.5 Å². The van der Waals surface area contributed by atoms with Crippen molar-refractivity contribution in [3.63, 3.8) is 0 Å². The maximum atomic E-state index is 12.3. The van der Waals surface area contributed by atoms with Crippen LogP contribution in [0.5, 0.6) is 11.5 Å². The minimum Gasteiger partial charge on any atom is -0.493 e. The van der Waals surface area contributed by atoms with Crippen LogP contribution in [-0.4, -0.2) is 37.6 Å². The third-order valence-corrected chi connectivity index (χ3v) is 6.21. The smallest absolute Gasteiger partial charge is 0.270 e. The van der Waals surface area contributed by atoms with Crippen molar-refractivity contribution in [1.29, 1.82) is 0 Å². The number of methoxy groups -OCH3 is 2. The van der Waals surface area contributed by atoms with Gasteiger partial charge in [-0.1, -0.05) is 29.8 Å². The number of carbonyl (C=O) groups is 2. The normalized spacial score (nSPS) is 10.6. The molecule has 180 valence electrons. The molecule has 7 nitrogen and oxygen atoms in total. The van der Waals surface area contributed by atoms with Gasteiger partial charge in [-0.3, -0.25) is 9.59 Å². The summed E-state index contributed by atoms with van der Waals surface area (Å²) >= 11 is 7.33. The molecule has 2 N–H and O–H groups in total. The van der Waals surface area contributed by atoms with Crippen molar-refractivity contribution < 1.29 is 19.1 Å². The van der Waals surface area contributed by atoms with E-state index < -0.39 is 0 Å². The van der Waals surface area contributed by atoms with E-state index in [4.69, 9.17) is 21.1 Å². The van der Waals surface area contributed by atoms with Gasteiger partial charge in [0.15, 0.2) is 11.5 Å². The number of aryl methyl sites for hydroxylation is 1. The Morgan fingerprint density at radius 3 is 2.56 bits per heavy atom. The van der Waals surface area contributed by atoms with Crippen molar-refractivity contribution in [3.05, 3.63) is 74.7 Å². The maximum absolute atomic E-state index is 12.3. The number of benzene rings is 2. The molecule has 3 aromatic rings. The second-order valence-electron chi connectivity index (χ2n) is 7.58. The molecule has 0 radical (unpaired) electrons. The summed E-state index contributed by atoms with van der Waals surface area (Å²) in [7, 11) is 3.20. The van der Waals surface area contributed by atoms with E-state index in [1.54, 1.807) is 19.6 Å². The minimum atomic E-state index is -0.231. The number of amides is 2. The standard InChI is InChI=1S/C25H28ClN3O4S/c1-32-21-10-9-17(14-22(21)33-2)6-4-8-23(30)28-15-24-29-20(16-34-24)25(31)27-12-11-18-5-3-7-19(26)13-18/h3,5,7,9-10,13-14,16H,4,6,8,11-12,15H2,1-2H3,(H,27,31)(H,28,30). The fourth-order valence-electron chi connectivity index (χ4n) is 3.35. The van der Waals surface area contributed by atoms with Crippen molar-refractivity contribution in [2.45, 2.75) is 32.2 Å². The molecule has 9 heteroatoms. The molecule has 0 unspecified atom stereocenters. The summed E-state index contributed by atoms with van der Waals surface area (Å²) in [5.41, 5.74) is 2.49. The predicted molar refractivity (Wildman–Crippen MR) is 134 cm³/mol. The summed E-state index contributed by atoms with van der Waals surface area (Å²) in [4.78, 5) is 28.9. The molecule has 0 bridgehead atoms. The fourth-order valence-corrected chi connectivity index (χ4v) is 4.28. The van der Waals surface area contributed by atoms with E-state index in [0.29, 0.717) is 59.6 Å². The zero-order valence-corrected chi connectivity index (χ0v) is 20.8. The number of thiazole rings is 1. The number of aromatic nitrogens is 1. The van der Waals surface area contributed by atoms with Crippen LogP contribution in [0.4, 0.5) is 0 Å². The van der Waals surface area contributed by atoms with E-state index in [1.165, 1.54) is 11.3 Å². The average molecular weight is 502 g/mol. The highest BCUT2D eigenvalue weighted by atomic mass is 35.5. The Kier molecular flexibility index (Phi) is 9.73. The Morgan fingerprint density at radius 1 is 1.00 bits per heavy atom. The van der Waals surface area contributed by atoms with Gasteiger partial charge in [0.25, 0.3) is 5.91 Å². The molecular formula is C25H28ClN3O4S. The predicted octanol–water partition coefficient (Wildman–Crippen LogP) is 4.43. The van der Waals surface area contributed by atoms with Gasteiger partial charge in [0.1, 0.15) is 10.7 Å². The van der Waals surface area contributed by atoms with Crippen LogP contribution in [0.3, 0.4) is 0 Å². The SMILES string of the molecule is COc1ccc(CCCC(=O)NCc2nc(C(=O)NCCc3cccc(Cl)c3)cs2)cc1OC. The molecule has 0 aliphatic rings. The summed E-state index contributed by atoms with van der Waals surface area (Å²) < 4.78 is 10.6. The van der Waals surface area contributed by atoms with Crippen LogP contribution in [0.1, 0.15) is 39.5 Å². The van der Waals surface area contributed by atoms with Gasteiger partial charge in [0.05, 0.1) is 20.8 Å². The molecule has 3 rings (SSSR count). The summed E-state index contributed by atoms with van der Waals surface area (Å²) in [5, 5.41) is 8.80. The number of nitrogens with zero attached hydrogens (tertiary/aromatic N) is 1. The molecule has 1 aromatic heterocycles. The van der Waals surface area contributed by atoms with Gasteiger partial charge in [-0.2, -0.15) is 0 Å². The Bertz CT molecular complexity index is 1120. The zero-order chi connectivity index (χ0) is 24.3. The summed E-state index contributed by atoms with van der Waals surface area (Å²) in [6.07, 6.45) is 2.54. The van der Waals surface area contributed by atoms with Gasteiger partial charge in [-0.05, 0) is 54.7 Å². The molecule has 34 heavy (non-hydrogen) atoms. The summed E-state index contributed by atoms with van der Waals surface area (Å²) in [5.74, 6) is 1.08. The molecule has 0 atom stereocenters. The minimum absolute atomic E-state index is 0.0526. The van der Waals surface area contributed by atoms with Crippen molar-refractivity contribution >= 4 is 34.8 Å². The zero-order valence-electron chi connectivity index (χ0n) is 19.2. The van der Waals surface area contributed by atoms with Crippen LogP contribution < -0.4 is 20.1 Å². The van der Waals surface area contributed by atoms with Crippen LogP contribution in [0.2, 0.25) is 5.02 Å². The molecule has 0 aliphatic carbocycles. The van der Waals surface area contributed by atoms with Gasteiger partial charge >= 0.3 is 0 Å². The first-order valence-electron chi connectivity index (χ1n) is 10.9. The van der Waals surface area contributed by atoms with Gasteiger partial charge in [-0.25, -0.2) is 4.98 Å². The number of ether oxygens (including phenoxy) is 2. The number of nitrogens with one attached hydrogen (secondary N) is 2. The lowest BCUT2D eigenvalue weighted by molar-refractivity contribution is -0.121. The third-order valence-electron chi connectivity index (χ3n) is 5.13. The van der Waals surface area contributed by atoms with E-state index >= 15 is 0 Å². The second-order valence-corrected chi connectivity index (χ2v) is 8.96. The monoisotopic (exact) mass is 501 g/mol. The molecular weight excluding hydrogens is 474 g/mol. The lowest BCUT2D eigenvalue weighted by Gasteiger charge is -2.09. The number of halogens is 1. The highest BCUT2D eigenvalue weighted by Gasteiger charge is 2.11. The quantitative estimate of drug-likeness (QED) is 0.383. The van der Waals surface area contributed by atoms with Gasteiger partial charge in [-0.15, -0.1) is 11.3 Å². The van der Waals surface area contributed by atoms with Crippen LogP contribution in [0, 0.1) is 0 Å². The summed E-state index contributed by atoms with van der Waals surface area (Å²) in [6, 6.07) is 13.3. The molecule has 0 saturated heterocycles. The molecule has 0 saturated carbocycles. The Morgan fingerprint density at radius 2 is 1.79 bits per heavy atom. The van der Waals surface area contributed by atoms with Crippen molar-refractivity contribution in [2.75, 3.05) is 20.8 Å². The van der Waals surface area contributed by atoms with Crippen LogP contribution >= 0.6 is 22.9 Å². The lowest BCUT2D eigenvalue weighted by Crippen LogP contribution is -2.26. The Balaban J connectivity index is 1.36. The van der Waals surface area contributed by atoms with E-state index in [9.17, 15) is 9.59 Å². The topological polar surface area (TPSA) is 89.5 Å². The van der Waals surface area contributed by atoms with Gasteiger partial charge in [0, 0.05) is 23.4 Å². The van der Waals surface area contributed by atoms with E-state index in [1.807, 2.05) is 42.5 Å². The molecule has 0 spiro atoms. The highest BCUT2D eigenvalue weighted by molar-refractivity contribution is 7.09. The number of hydrogen-bond acceptors (Lipinski definition) is 6. The molecule has 0 fully saturated rings. The van der Waals surface area contributed by atoms with Crippen molar-refractivity contribution in [1.82, 2.24) is 15.6 Å². The summed E-state index contributed by atoms with van der Waals surface area (Å²) in [6.45, 7) is 0.790. The molecule has 1 heterocycles. The van der Waals surface area contributed by atoms with Crippen LogP contribution in [-0.2, 0) is 24.2 Å².